The molecule has 0 saturated carbocycles. The van der Waals surface area contributed by atoms with Crippen LogP contribution in [0.5, 0.6) is 0 Å². The standard InChI is InChI=1S/C10H17NO3/c1-4-7(5-2)8-6-9(14-11-8)10(12)13-3/h7,9H,4-6H2,1-3H3. The highest BCUT2D eigenvalue weighted by Crippen LogP contribution is 2.21. The van der Waals surface area contributed by atoms with E-state index in [0.29, 0.717) is 12.3 Å². The van der Waals surface area contributed by atoms with Crippen molar-refractivity contribution in [1.82, 2.24) is 0 Å². The van der Waals surface area contributed by atoms with Crippen LogP contribution >= 0.6 is 0 Å². The van der Waals surface area contributed by atoms with Gasteiger partial charge in [-0.2, -0.15) is 0 Å². The molecule has 0 saturated heterocycles. The maximum atomic E-state index is 11.1. The van der Waals surface area contributed by atoms with E-state index in [1.54, 1.807) is 0 Å². The molecule has 4 heteroatoms. The fraction of sp³-hybridized carbons (Fsp3) is 0.800. The summed E-state index contributed by atoms with van der Waals surface area (Å²) in [5.74, 6) is 0.0966. The van der Waals surface area contributed by atoms with E-state index in [2.05, 4.69) is 23.7 Å². The molecule has 14 heavy (non-hydrogen) atoms. The molecule has 0 aromatic heterocycles. The first-order valence-electron chi connectivity index (χ1n) is 5.03. The van der Waals surface area contributed by atoms with Gasteiger partial charge in [0.2, 0.25) is 6.10 Å². The van der Waals surface area contributed by atoms with E-state index in [4.69, 9.17) is 4.84 Å². The second-order valence-corrected chi connectivity index (χ2v) is 3.42. The molecule has 0 fully saturated rings. The molecule has 0 aromatic rings. The quantitative estimate of drug-likeness (QED) is 0.648. The highest BCUT2D eigenvalue weighted by atomic mass is 16.7. The molecule has 0 amide bonds. The molecular formula is C10H17NO3. The highest BCUT2D eigenvalue weighted by Gasteiger charge is 2.31. The van der Waals surface area contributed by atoms with Gasteiger partial charge >= 0.3 is 5.97 Å². The molecule has 1 rings (SSSR count). The van der Waals surface area contributed by atoms with Crippen LogP contribution in [0.2, 0.25) is 0 Å². The maximum absolute atomic E-state index is 11.1. The van der Waals surface area contributed by atoms with Gasteiger partial charge in [-0.15, -0.1) is 0 Å². The van der Waals surface area contributed by atoms with Crippen LogP contribution in [0.25, 0.3) is 0 Å². The summed E-state index contributed by atoms with van der Waals surface area (Å²) in [4.78, 5) is 16.2. The van der Waals surface area contributed by atoms with Crippen LogP contribution in [-0.4, -0.2) is 24.9 Å². The zero-order valence-electron chi connectivity index (χ0n) is 8.95. The Morgan fingerprint density at radius 2 is 2.29 bits per heavy atom. The van der Waals surface area contributed by atoms with Crippen LogP contribution in [-0.2, 0) is 14.4 Å². The molecule has 0 aromatic carbocycles. The molecular weight excluding hydrogens is 182 g/mol. The summed E-state index contributed by atoms with van der Waals surface area (Å²) in [6, 6.07) is 0. The largest absolute Gasteiger partial charge is 0.466 e. The van der Waals surface area contributed by atoms with Gasteiger partial charge in [0.05, 0.1) is 12.8 Å². The van der Waals surface area contributed by atoms with Gasteiger partial charge in [-0.25, -0.2) is 4.79 Å². The Balaban J connectivity index is 2.50. The van der Waals surface area contributed by atoms with E-state index in [1.807, 2.05) is 0 Å². The van der Waals surface area contributed by atoms with Crippen molar-refractivity contribution in [3.8, 4) is 0 Å². The third-order valence-corrected chi connectivity index (χ3v) is 2.61. The number of oxime groups is 1. The van der Waals surface area contributed by atoms with E-state index >= 15 is 0 Å². The van der Waals surface area contributed by atoms with Crippen molar-refractivity contribution in [3.05, 3.63) is 0 Å². The summed E-state index contributed by atoms with van der Waals surface area (Å²) in [7, 11) is 1.36. The van der Waals surface area contributed by atoms with Crippen molar-refractivity contribution in [2.45, 2.75) is 39.2 Å². The Kier molecular flexibility index (Phi) is 3.92. The number of ether oxygens (including phenoxy) is 1. The predicted molar refractivity (Wildman–Crippen MR) is 53.0 cm³/mol. The molecule has 0 radical (unpaired) electrons. The number of carbonyl (C=O) groups is 1. The summed E-state index contributed by atoms with van der Waals surface area (Å²) < 4.78 is 4.59. The minimum atomic E-state index is -0.518. The number of methoxy groups -OCH3 is 1. The van der Waals surface area contributed by atoms with Crippen molar-refractivity contribution in [3.63, 3.8) is 0 Å². The van der Waals surface area contributed by atoms with Crippen molar-refractivity contribution in [2.24, 2.45) is 11.1 Å². The van der Waals surface area contributed by atoms with Crippen molar-refractivity contribution < 1.29 is 14.4 Å². The average Bonchev–Trinajstić information content (AvgIpc) is 2.68. The summed E-state index contributed by atoms with van der Waals surface area (Å²) >= 11 is 0. The van der Waals surface area contributed by atoms with Gasteiger partial charge in [0.15, 0.2) is 0 Å². The third kappa shape index (κ3) is 2.25. The first-order valence-corrected chi connectivity index (χ1v) is 5.03. The summed E-state index contributed by atoms with van der Waals surface area (Å²) in [6.07, 6.45) is 2.13. The molecule has 1 heterocycles. The van der Waals surface area contributed by atoms with Gasteiger partial charge in [-0.1, -0.05) is 19.0 Å². The lowest BCUT2D eigenvalue weighted by atomic mass is 9.94. The van der Waals surface area contributed by atoms with Gasteiger partial charge in [-0.3, -0.25) is 0 Å². The molecule has 0 N–H and O–H groups in total. The number of carbonyl (C=O) groups excluding carboxylic acids is 1. The number of rotatable bonds is 4. The van der Waals surface area contributed by atoms with Crippen LogP contribution in [0, 0.1) is 5.92 Å². The molecule has 80 valence electrons. The zero-order valence-corrected chi connectivity index (χ0v) is 8.95. The smallest absolute Gasteiger partial charge is 0.350 e. The van der Waals surface area contributed by atoms with Crippen LogP contribution < -0.4 is 0 Å². The summed E-state index contributed by atoms with van der Waals surface area (Å²) in [5.41, 5.74) is 0.991. The van der Waals surface area contributed by atoms with Crippen molar-refractivity contribution in [1.29, 1.82) is 0 Å². The number of hydrogen-bond acceptors (Lipinski definition) is 4. The van der Waals surface area contributed by atoms with Gasteiger partial charge in [-0.05, 0) is 12.8 Å². The molecule has 0 aliphatic carbocycles. The third-order valence-electron chi connectivity index (χ3n) is 2.61. The SMILES string of the molecule is CCC(CC)C1=NOC(C(=O)OC)C1. The monoisotopic (exact) mass is 199 g/mol. The first kappa shape index (κ1) is 11.0. The maximum Gasteiger partial charge on any atom is 0.350 e. The lowest BCUT2D eigenvalue weighted by Gasteiger charge is -2.10. The van der Waals surface area contributed by atoms with Crippen LogP contribution in [0.4, 0.5) is 0 Å². The van der Waals surface area contributed by atoms with E-state index in [9.17, 15) is 4.79 Å². The minimum Gasteiger partial charge on any atom is -0.466 e. The fourth-order valence-corrected chi connectivity index (χ4v) is 1.65. The van der Waals surface area contributed by atoms with E-state index in [-0.39, 0.29) is 5.97 Å². The Hall–Kier alpha value is -1.06. The molecule has 1 unspecified atom stereocenters. The number of hydrogen-bond donors (Lipinski definition) is 0. The van der Waals surface area contributed by atoms with E-state index < -0.39 is 6.10 Å². The lowest BCUT2D eigenvalue weighted by molar-refractivity contribution is -0.152. The van der Waals surface area contributed by atoms with Crippen molar-refractivity contribution in [2.75, 3.05) is 7.11 Å². The topological polar surface area (TPSA) is 47.9 Å². The number of esters is 1. The molecule has 4 nitrogen and oxygen atoms in total. The molecule has 1 atom stereocenters. The van der Waals surface area contributed by atoms with E-state index in [1.165, 1.54) is 7.11 Å². The van der Waals surface area contributed by atoms with Gasteiger partial charge in [0.1, 0.15) is 0 Å². The Morgan fingerprint density at radius 3 is 2.79 bits per heavy atom. The van der Waals surface area contributed by atoms with Crippen LogP contribution in [0.1, 0.15) is 33.1 Å². The van der Waals surface area contributed by atoms with Gasteiger partial charge < -0.3 is 9.57 Å². The van der Waals surface area contributed by atoms with Crippen LogP contribution in [0.15, 0.2) is 5.16 Å². The molecule has 0 bridgehead atoms. The summed E-state index contributed by atoms with van der Waals surface area (Å²) in [6.45, 7) is 4.23. The Labute approximate surface area is 84.3 Å². The fourth-order valence-electron chi connectivity index (χ4n) is 1.65. The highest BCUT2D eigenvalue weighted by molar-refractivity contribution is 5.92. The summed E-state index contributed by atoms with van der Waals surface area (Å²) in [5, 5.41) is 3.94. The number of nitrogens with zero attached hydrogens (tertiary/aromatic N) is 1. The first-order chi connectivity index (χ1) is 6.72. The van der Waals surface area contributed by atoms with E-state index in [0.717, 1.165) is 18.6 Å². The predicted octanol–water partition coefficient (Wildman–Crippen LogP) is 1.74. The molecule has 0 spiro atoms. The van der Waals surface area contributed by atoms with Crippen molar-refractivity contribution >= 4 is 11.7 Å². The lowest BCUT2D eigenvalue weighted by Crippen LogP contribution is -2.23. The second-order valence-electron chi connectivity index (χ2n) is 3.42. The zero-order chi connectivity index (χ0) is 10.6. The Bertz CT molecular complexity index is 234. The van der Waals surface area contributed by atoms with Crippen LogP contribution in [0.3, 0.4) is 0 Å². The van der Waals surface area contributed by atoms with Gasteiger partial charge in [0, 0.05) is 12.3 Å². The van der Waals surface area contributed by atoms with Gasteiger partial charge in [0.25, 0.3) is 0 Å². The molecule has 1 aliphatic heterocycles. The average molecular weight is 199 g/mol. The second kappa shape index (κ2) is 4.98. The normalized spacial score (nSPS) is 20.6. The molecule has 1 aliphatic rings. The minimum absolute atomic E-state index is 0.338. The Morgan fingerprint density at radius 1 is 1.64 bits per heavy atom.